The number of imidazole rings is 1. The average Bonchev–Trinajstić information content (AvgIpc) is 2.30. The van der Waals surface area contributed by atoms with Gasteiger partial charge < -0.3 is 9.88 Å². The lowest BCUT2D eigenvalue weighted by atomic mass is 9.95. The number of nitrogens with one attached hydrogen (secondary N) is 1. The van der Waals surface area contributed by atoms with Crippen molar-refractivity contribution in [2.24, 2.45) is 5.41 Å². The molecule has 1 fully saturated rings. The van der Waals surface area contributed by atoms with Crippen LogP contribution in [0.2, 0.25) is 0 Å². The second-order valence-electron chi connectivity index (χ2n) is 5.36. The summed E-state index contributed by atoms with van der Waals surface area (Å²) in [5, 5.41) is 3.30. The van der Waals surface area contributed by atoms with Gasteiger partial charge in [0.15, 0.2) is 0 Å². The maximum atomic E-state index is 4.24. The second-order valence-corrected chi connectivity index (χ2v) is 5.36. The van der Waals surface area contributed by atoms with Crippen molar-refractivity contribution in [3.63, 3.8) is 0 Å². The van der Waals surface area contributed by atoms with Gasteiger partial charge >= 0.3 is 0 Å². The van der Waals surface area contributed by atoms with Crippen molar-refractivity contribution >= 4 is 0 Å². The van der Waals surface area contributed by atoms with Crippen LogP contribution in [0.5, 0.6) is 0 Å². The van der Waals surface area contributed by atoms with E-state index in [-0.39, 0.29) is 0 Å². The van der Waals surface area contributed by atoms with Crippen LogP contribution >= 0.6 is 0 Å². The first kappa shape index (κ1) is 9.71. The summed E-state index contributed by atoms with van der Waals surface area (Å²) in [7, 11) is 0. The summed E-state index contributed by atoms with van der Waals surface area (Å²) in [6.45, 7) is 10.0. The van der Waals surface area contributed by atoms with Crippen LogP contribution < -0.4 is 5.32 Å². The number of rotatable bonds is 2. The molecule has 1 aliphatic rings. The number of hydrogen-bond donors (Lipinski definition) is 1. The van der Waals surface area contributed by atoms with E-state index in [1.807, 2.05) is 12.5 Å². The van der Waals surface area contributed by atoms with E-state index in [1.54, 1.807) is 0 Å². The zero-order chi connectivity index (χ0) is 10.2. The molecule has 0 aromatic carbocycles. The van der Waals surface area contributed by atoms with E-state index in [4.69, 9.17) is 0 Å². The highest BCUT2D eigenvalue weighted by molar-refractivity contribution is 5.11. The standard InChI is InChI=1S/C11H19N3/c1-11(2,3)7-14-8-13-6-10(14)9-4-12-5-9/h6,8-9,12H,4-5,7H2,1-3H3. The van der Waals surface area contributed by atoms with E-state index in [0.717, 1.165) is 19.6 Å². The third-order valence-corrected chi connectivity index (χ3v) is 2.59. The van der Waals surface area contributed by atoms with E-state index < -0.39 is 0 Å². The van der Waals surface area contributed by atoms with Gasteiger partial charge in [0.05, 0.1) is 6.33 Å². The van der Waals surface area contributed by atoms with E-state index in [1.165, 1.54) is 5.69 Å². The predicted octanol–water partition coefficient (Wildman–Crippen LogP) is 1.62. The van der Waals surface area contributed by atoms with Crippen molar-refractivity contribution in [2.75, 3.05) is 13.1 Å². The lowest BCUT2D eigenvalue weighted by molar-refractivity contribution is 0.325. The molecule has 0 aliphatic carbocycles. The molecule has 0 spiro atoms. The van der Waals surface area contributed by atoms with Crippen LogP contribution in [0.4, 0.5) is 0 Å². The first-order chi connectivity index (χ1) is 6.56. The summed E-state index contributed by atoms with van der Waals surface area (Å²) < 4.78 is 2.30. The molecule has 0 amide bonds. The third-order valence-electron chi connectivity index (χ3n) is 2.59. The Morgan fingerprint density at radius 3 is 2.71 bits per heavy atom. The Labute approximate surface area is 85.5 Å². The Morgan fingerprint density at radius 1 is 1.50 bits per heavy atom. The molecule has 1 aliphatic heterocycles. The van der Waals surface area contributed by atoms with Gasteiger partial charge in [-0.15, -0.1) is 0 Å². The fraction of sp³-hybridized carbons (Fsp3) is 0.727. The summed E-state index contributed by atoms with van der Waals surface area (Å²) in [5.74, 6) is 0.680. The first-order valence-electron chi connectivity index (χ1n) is 5.27. The summed E-state index contributed by atoms with van der Waals surface area (Å²) in [6, 6.07) is 0. The molecular weight excluding hydrogens is 174 g/mol. The molecule has 1 saturated heterocycles. The topological polar surface area (TPSA) is 29.9 Å². The zero-order valence-corrected chi connectivity index (χ0v) is 9.25. The zero-order valence-electron chi connectivity index (χ0n) is 9.25. The average molecular weight is 193 g/mol. The van der Waals surface area contributed by atoms with Crippen LogP contribution in [-0.2, 0) is 6.54 Å². The molecule has 1 aromatic heterocycles. The Kier molecular flexibility index (Phi) is 2.35. The monoisotopic (exact) mass is 193 g/mol. The molecule has 1 N–H and O–H groups in total. The van der Waals surface area contributed by atoms with Gasteiger partial charge in [-0.05, 0) is 5.41 Å². The SMILES string of the molecule is CC(C)(C)Cn1cncc1C1CNC1. The van der Waals surface area contributed by atoms with E-state index in [9.17, 15) is 0 Å². The molecule has 2 heterocycles. The van der Waals surface area contributed by atoms with Crippen molar-refractivity contribution in [1.29, 1.82) is 0 Å². The van der Waals surface area contributed by atoms with Crippen LogP contribution in [-0.4, -0.2) is 22.6 Å². The van der Waals surface area contributed by atoms with Crippen LogP contribution in [0.1, 0.15) is 32.4 Å². The van der Waals surface area contributed by atoms with Crippen molar-refractivity contribution in [3.8, 4) is 0 Å². The molecular formula is C11H19N3. The number of hydrogen-bond acceptors (Lipinski definition) is 2. The summed E-state index contributed by atoms with van der Waals surface area (Å²) in [6.07, 6.45) is 3.97. The molecule has 1 aromatic rings. The van der Waals surface area contributed by atoms with Crippen molar-refractivity contribution < 1.29 is 0 Å². The van der Waals surface area contributed by atoms with Crippen LogP contribution in [0, 0.1) is 5.41 Å². The highest BCUT2D eigenvalue weighted by Crippen LogP contribution is 2.23. The van der Waals surface area contributed by atoms with Gasteiger partial charge in [0.25, 0.3) is 0 Å². The van der Waals surface area contributed by atoms with E-state index in [0.29, 0.717) is 11.3 Å². The van der Waals surface area contributed by atoms with Gasteiger partial charge in [-0.3, -0.25) is 0 Å². The lowest BCUT2D eigenvalue weighted by Gasteiger charge is -2.29. The molecule has 3 nitrogen and oxygen atoms in total. The van der Waals surface area contributed by atoms with Crippen molar-refractivity contribution in [2.45, 2.75) is 33.2 Å². The van der Waals surface area contributed by atoms with Gasteiger partial charge in [0.2, 0.25) is 0 Å². The minimum Gasteiger partial charge on any atom is -0.334 e. The molecule has 14 heavy (non-hydrogen) atoms. The van der Waals surface area contributed by atoms with Gasteiger partial charge in [-0.2, -0.15) is 0 Å². The number of aromatic nitrogens is 2. The highest BCUT2D eigenvalue weighted by Gasteiger charge is 2.23. The summed E-state index contributed by atoms with van der Waals surface area (Å²) in [5.41, 5.74) is 1.71. The Morgan fingerprint density at radius 2 is 2.21 bits per heavy atom. The minimum absolute atomic E-state index is 0.326. The number of nitrogens with zero attached hydrogens (tertiary/aromatic N) is 2. The second kappa shape index (κ2) is 3.39. The Hall–Kier alpha value is -0.830. The maximum absolute atomic E-state index is 4.24. The quantitative estimate of drug-likeness (QED) is 0.773. The molecule has 0 unspecified atom stereocenters. The highest BCUT2D eigenvalue weighted by atomic mass is 15.1. The summed E-state index contributed by atoms with van der Waals surface area (Å²) in [4.78, 5) is 4.24. The van der Waals surface area contributed by atoms with Gasteiger partial charge in [-0.25, -0.2) is 4.98 Å². The molecule has 0 radical (unpaired) electrons. The van der Waals surface area contributed by atoms with Gasteiger partial charge in [0.1, 0.15) is 0 Å². The maximum Gasteiger partial charge on any atom is 0.0948 e. The molecule has 3 heteroatoms. The van der Waals surface area contributed by atoms with E-state index in [2.05, 4.69) is 35.6 Å². The predicted molar refractivity (Wildman–Crippen MR) is 57.3 cm³/mol. The van der Waals surface area contributed by atoms with Crippen LogP contribution in [0.25, 0.3) is 0 Å². The molecule has 0 bridgehead atoms. The minimum atomic E-state index is 0.326. The third kappa shape index (κ3) is 1.98. The Balaban J connectivity index is 2.13. The molecule has 2 rings (SSSR count). The van der Waals surface area contributed by atoms with Gasteiger partial charge in [-0.1, -0.05) is 20.8 Å². The van der Waals surface area contributed by atoms with Crippen LogP contribution in [0.15, 0.2) is 12.5 Å². The largest absolute Gasteiger partial charge is 0.334 e. The van der Waals surface area contributed by atoms with Gasteiger partial charge in [0, 0.05) is 37.4 Å². The normalized spacial score (nSPS) is 18.2. The van der Waals surface area contributed by atoms with Crippen molar-refractivity contribution in [3.05, 3.63) is 18.2 Å². The summed E-state index contributed by atoms with van der Waals surface area (Å²) >= 11 is 0. The molecule has 78 valence electrons. The first-order valence-corrected chi connectivity index (χ1v) is 5.27. The lowest BCUT2D eigenvalue weighted by Crippen LogP contribution is -2.41. The fourth-order valence-electron chi connectivity index (χ4n) is 1.81. The van der Waals surface area contributed by atoms with Crippen molar-refractivity contribution in [1.82, 2.24) is 14.9 Å². The fourth-order valence-corrected chi connectivity index (χ4v) is 1.81. The molecule has 0 saturated carbocycles. The molecule has 0 atom stereocenters. The smallest absolute Gasteiger partial charge is 0.0948 e. The van der Waals surface area contributed by atoms with E-state index >= 15 is 0 Å². The van der Waals surface area contributed by atoms with Crippen LogP contribution in [0.3, 0.4) is 0 Å². The Bertz CT molecular complexity index is 305.